The van der Waals surface area contributed by atoms with Crippen LogP contribution in [0.5, 0.6) is 0 Å². The van der Waals surface area contributed by atoms with E-state index >= 15 is 0 Å². The monoisotopic (exact) mass is 439 g/mol. The number of hydrogen-bond acceptors (Lipinski definition) is 6. The van der Waals surface area contributed by atoms with Crippen molar-refractivity contribution < 1.29 is 14.5 Å². The van der Waals surface area contributed by atoms with Crippen LogP contribution in [0, 0.1) is 10.1 Å². The lowest BCUT2D eigenvalue weighted by Gasteiger charge is -2.09. The molecule has 1 heterocycles. The molecule has 7 nitrogen and oxygen atoms in total. The number of amides is 2. The molecule has 1 aliphatic rings. The number of carbonyl (C=O) groups is 2. The molecule has 0 spiro atoms. The number of carbonyl (C=O) groups excluding carboxylic acids is 2. The van der Waals surface area contributed by atoms with Crippen molar-refractivity contribution in [2.45, 2.75) is 6.92 Å². The van der Waals surface area contributed by atoms with Gasteiger partial charge >= 0.3 is 0 Å². The Morgan fingerprint density at radius 2 is 1.97 bits per heavy atom. The van der Waals surface area contributed by atoms with E-state index in [1.165, 1.54) is 36.0 Å². The molecule has 0 bridgehead atoms. The van der Waals surface area contributed by atoms with Crippen molar-refractivity contribution in [3.05, 3.63) is 80.8 Å². The van der Waals surface area contributed by atoms with E-state index < -0.39 is 4.92 Å². The van der Waals surface area contributed by atoms with Crippen LogP contribution in [0.3, 0.4) is 0 Å². The maximum Gasteiger partial charge on any atom is 0.270 e. The van der Waals surface area contributed by atoms with Gasteiger partial charge in [-0.05, 0) is 42.3 Å². The van der Waals surface area contributed by atoms with E-state index in [0.717, 1.165) is 5.56 Å². The van der Waals surface area contributed by atoms with E-state index in [9.17, 15) is 19.7 Å². The van der Waals surface area contributed by atoms with Crippen LogP contribution in [0.2, 0.25) is 0 Å². The molecule has 2 aromatic carbocycles. The number of nitro benzene ring substituents is 1. The second-order valence-electron chi connectivity index (χ2n) is 6.22. The highest BCUT2D eigenvalue weighted by molar-refractivity contribution is 8.26. The topological polar surface area (TPSA) is 92.6 Å². The first-order valence-corrected chi connectivity index (χ1v) is 10.2. The van der Waals surface area contributed by atoms with Gasteiger partial charge in [-0.1, -0.05) is 48.2 Å². The van der Waals surface area contributed by atoms with E-state index in [-0.39, 0.29) is 17.5 Å². The lowest BCUT2D eigenvalue weighted by atomic mass is 10.1. The summed E-state index contributed by atoms with van der Waals surface area (Å²) >= 11 is 6.47. The minimum absolute atomic E-state index is 0.0380. The zero-order valence-corrected chi connectivity index (χ0v) is 17.5. The summed E-state index contributed by atoms with van der Waals surface area (Å²) in [5.41, 5.74) is 1.92. The Morgan fingerprint density at radius 1 is 1.23 bits per heavy atom. The molecule has 0 saturated carbocycles. The molecule has 9 heteroatoms. The van der Waals surface area contributed by atoms with E-state index in [1.807, 2.05) is 6.92 Å². The van der Waals surface area contributed by atoms with Crippen LogP contribution in [0.25, 0.3) is 12.2 Å². The fourth-order valence-corrected chi connectivity index (χ4v) is 4.07. The molecule has 2 amide bonds. The number of nitro groups is 1. The van der Waals surface area contributed by atoms with Crippen molar-refractivity contribution in [2.75, 3.05) is 11.9 Å². The smallest absolute Gasteiger partial charge is 0.270 e. The predicted octanol–water partition coefficient (Wildman–Crippen LogP) is 4.47. The summed E-state index contributed by atoms with van der Waals surface area (Å²) in [7, 11) is 0. The van der Waals surface area contributed by atoms with Gasteiger partial charge < -0.3 is 5.32 Å². The molecule has 0 unspecified atom stereocenters. The molecule has 2 aromatic rings. The predicted molar refractivity (Wildman–Crippen MR) is 123 cm³/mol. The molecule has 0 radical (unpaired) electrons. The fraction of sp³-hybridized carbons (Fsp3) is 0.0952. The lowest BCUT2D eigenvalue weighted by molar-refractivity contribution is -0.384. The molecule has 1 N–H and O–H groups in total. The molecule has 0 aliphatic carbocycles. The quantitative estimate of drug-likeness (QED) is 0.309. The first kappa shape index (κ1) is 21.4. The van der Waals surface area contributed by atoms with Gasteiger partial charge in [-0.3, -0.25) is 24.6 Å². The Bertz CT molecular complexity index is 1080. The van der Waals surface area contributed by atoms with E-state index in [4.69, 9.17) is 12.2 Å². The third-order valence-electron chi connectivity index (χ3n) is 4.17. The number of likely N-dealkylation sites (N-methyl/N-ethyl adjacent to an activating group) is 1. The summed E-state index contributed by atoms with van der Waals surface area (Å²) < 4.78 is 0.549. The standard InChI is InChI=1S/C21H17N3O4S2/c1-2-23-20(26)18(30-21(23)29)13-15-6-9-16(10-7-15)22-19(25)11-8-14-4-3-5-17(12-14)24(27)28/h3-13H,2H2,1H3,(H,22,25). The van der Waals surface area contributed by atoms with E-state index in [0.29, 0.717) is 27.0 Å². The number of thioether (sulfide) groups is 1. The Kier molecular flexibility index (Phi) is 6.76. The molecule has 1 aliphatic heterocycles. The Morgan fingerprint density at radius 3 is 2.60 bits per heavy atom. The van der Waals surface area contributed by atoms with Gasteiger partial charge in [0, 0.05) is 30.4 Å². The first-order chi connectivity index (χ1) is 14.4. The number of rotatable bonds is 6. The van der Waals surface area contributed by atoms with Crippen molar-refractivity contribution in [3.63, 3.8) is 0 Å². The maximum absolute atomic E-state index is 12.3. The van der Waals surface area contributed by atoms with Crippen LogP contribution in [0.1, 0.15) is 18.1 Å². The Balaban J connectivity index is 1.63. The van der Waals surface area contributed by atoms with Crippen molar-refractivity contribution in [1.29, 1.82) is 0 Å². The second kappa shape index (κ2) is 9.47. The van der Waals surface area contributed by atoms with Crippen molar-refractivity contribution in [3.8, 4) is 0 Å². The van der Waals surface area contributed by atoms with Crippen LogP contribution >= 0.6 is 24.0 Å². The number of non-ortho nitro benzene ring substituents is 1. The zero-order valence-electron chi connectivity index (χ0n) is 15.9. The highest BCUT2D eigenvalue weighted by Crippen LogP contribution is 2.32. The second-order valence-corrected chi connectivity index (χ2v) is 7.90. The average molecular weight is 440 g/mol. The average Bonchev–Trinajstić information content (AvgIpc) is 3.00. The van der Waals surface area contributed by atoms with Crippen LogP contribution in [0.15, 0.2) is 59.5 Å². The van der Waals surface area contributed by atoms with Crippen LogP contribution in [0.4, 0.5) is 11.4 Å². The Labute approximate surface area is 182 Å². The fourth-order valence-electron chi connectivity index (χ4n) is 2.68. The summed E-state index contributed by atoms with van der Waals surface area (Å²) in [5.74, 6) is -0.464. The van der Waals surface area contributed by atoms with Crippen LogP contribution in [-0.4, -0.2) is 32.5 Å². The van der Waals surface area contributed by atoms with Gasteiger partial charge in [0.2, 0.25) is 5.91 Å². The number of benzene rings is 2. The third-order valence-corrected chi connectivity index (χ3v) is 5.55. The number of hydrogen-bond donors (Lipinski definition) is 1. The van der Waals surface area contributed by atoms with Gasteiger partial charge in [0.05, 0.1) is 9.83 Å². The number of nitrogens with one attached hydrogen (secondary N) is 1. The van der Waals surface area contributed by atoms with Gasteiger partial charge in [0.15, 0.2) is 0 Å². The third kappa shape index (κ3) is 5.19. The molecular weight excluding hydrogens is 422 g/mol. The van der Waals surface area contributed by atoms with Gasteiger partial charge in [0.1, 0.15) is 4.32 Å². The van der Waals surface area contributed by atoms with Gasteiger partial charge in [-0.25, -0.2) is 0 Å². The summed E-state index contributed by atoms with van der Waals surface area (Å²) in [6.07, 6.45) is 4.58. The molecular formula is C21H17N3O4S2. The number of anilines is 1. The van der Waals surface area contributed by atoms with Gasteiger partial charge in [0.25, 0.3) is 11.6 Å². The number of nitrogens with zero attached hydrogens (tertiary/aromatic N) is 2. The largest absolute Gasteiger partial charge is 0.323 e. The number of thiocarbonyl (C=S) groups is 1. The van der Waals surface area contributed by atoms with Crippen LogP contribution < -0.4 is 5.32 Å². The molecule has 0 aromatic heterocycles. The minimum atomic E-state index is -0.487. The molecule has 152 valence electrons. The molecule has 1 saturated heterocycles. The Hall–Kier alpha value is -3.30. The SMILES string of the molecule is CCN1C(=O)C(=Cc2ccc(NC(=O)C=Cc3cccc([N+](=O)[O-])c3)cc2)SC1=S. The van der Waals surface area contributed by atoms with E-state index in [2.05, 4.69) is 5.32 Å². The normalized spacial score (nSPS) is 15.2. The maximum atomic E-state index is 12.3. The van der Waals surface area contributed by atoms with Crippen LogP contribution in [-0.2, 0) is 9.59 Å². The van der Waals surface area contributed by atoms with E-state index in [1.54, 1.807) is 47.4 Å². The first-order valence-electron chi connectivity index (χ1n) is 8.96. The summed E-state index contributed by atoms with van der Waals surface area (Å²) in [6, 6.07) is 13.0. The lowest BCUT2D eigenvalue weighted by Crippen LogP contribution is -2.27. The molecule has 30 heavy (non-hydrogen) atoms. The van der Waals surface area contributed by atoms with Crippen molar-refractivity contribution in [1.82, 2.24) is 4.90 Å². The van der Waals surface area contributed by atoms with Gasteiger partial charge in [-0.15, -0.1) is 0 Å². The molecule has 3 rings (SSSR count). The molecule has 1 fully saturated rings. The molecule has 0 atom stereocenters. The summed E-state index contributed by atoms with van der Waals surface area (Å²) in [5, 5.41) is 13.5. The highest BCUT2D eigenvalue weighted by atomic mass is 32.2. The highest BCUT2D eigenvalue weighted by Gasteiger charge is 2.30. The minimum Gasteiger partial charge on any atom is -0.323 e. The van der Waals surface area contributed by atoms with Crippen molar-refractivity contribution in [2.24, 2.45) is 0 Å². The zero-order chi connectivity index (χ0) is 21.7. The summed E-state index contributed by atoms with van der Waals surface area (Å²) in [6.45, 7) is 2.41. The van der Waals surface area contributed by atoms with Crippen molar-refractivity contribution >= 4 is 63.6 Å². The van der Waals surface area contributed by atoms with Gasteiger partial charge in [-0.2, -0.15) is 0 Å². The summed E-state index contributed by atoms with van der Waals surface area (Å²) in [4.78, 5) is 36.8.